The van der Waals surface area contributed by atoms with Crippen molar-refractivity contribution < 1.29 is 22.8 Å². The van der Waals surface area contributed by atoms with E-state index in [4.69, 9.17) is 18.0 Å². The molecule has 0 heterocycles. The lowest BCUT2D eigenvalue weighted by Crippen LogP contribution is -2.51. The van der Waals surface area contributed by atoms with E-state index in [9.17, 15) is 4.79 Å². The minimum absolute atomic E-state index is 0.00944. The van der Waals surface area contributed by atoms with Crippen molar-refractivity contribution in [2.24, 2.45) is 0 Å². The summed E-state index contributed by atoms with van der Waals surface area (Å²) in [7, 11) is -2.83. The van der Waals surface area contributed by atoms with E-state index in [1.54, 1.807) is 0 Å². The molecule has 0 aliphatic carbocycles. The summed E-state index contributed by atoms with van der Waals surface area (Å²) in [6, 6.07) is 0.604. The van der Waals surface area contributed by atoms with E-state index in [0.717, 1.165) is 0 Å². The van der Waals surface area contributed by atoms with Crippen LogP contribution in [0.4, 0.5) is 0 Å². The second kappa shape index (κ2) is 10.2. The number of rotatable bonds is 11. The summed E-state index contributed by atoms with van der Waals surface area (Å²) < 4.78 is 23.4. The van der Waals surface area contributed by atoms with Crippen LogP contribution in [0.2, 0.25) is 6.04 Å². The van der Waals surface area contributed by atoms with Crippen LogP contribution in [0.3, 0.4) is 0 Å². The Labute approximate surface area is 136 Å². The van der Waals surface area contributed by atoms with Gasteiger partial charge in [0.15, 0.2) is 0 Å². The molecule has 0 saturated heterocycles. The van der Waals surface area contributed by atoms with Crippen LogP contribution in [0.5, 0.6) is 0 Å². The van der Waals surface area contributed by atoms with E-state index in [-0.39, 0.29) is 24.4 Å². The first-order valence-electron chi connectivity index (χ1n) is 7.96. The summed E-state index contributed by atoms with van der Waals surface area (Å²) in [6.07, 6.45) is 1.58. The smallest absolute Gasteiger partial charge is 0.460 e. The van der Waals surface area contributed by atoms with E-state index >= 15 is 0 Å². The van der Waals surface area contributed by atoms with Crippen LogP contribution < -0.4 is 0 Å². The lowest BCUT2D eigenvalue weighted by molar-refractivity contribution is -0.142. The molecule has 0 aliphatic heterocycles. The van der Waals surface area contributed by atoms with Crippen molar-refractivity contribution in [3.63, 3.8) is 0 Å². The second-order valence-electron chi connectivity index (χ2n) is 6.17. The SMILES string of the molecule is C=CC(=O)OC(C)CC[Si](OC(C)C)(OC(C)C)OC(C)C. The summed E-state index contributed by atoms with van der Waals surface area (Å²) >= 11 is 0. The first kappa shape index (κ1) is 21.3. The highest BCUT2D eigenvalue weighted by molar-refractivity contribution is 6.60. The fraction of sp³-hybridized carbons (Fsp3) is 0.812. The third-order valence-corrected chi connectivity index (χ3v) is 5.98. The van der Waals surface area contributed by atoms with Gasteiger partial charge in [-0.3, -0.25) is 0 Å². The fourth-order valence-electron chi connectivity index (χ4n) is 2.02. The predicted molar refractivity (Wildman–Crippen MR) is 89.6 cm³/mol. The zero-order valence-electron chi connectivity index (χ0n) is 15.0. The van der Waals surface area contributed by atoms with Gasteiger partial charge < -0.3 is 18.0 Å². The number of hydrogen-bond acceptors (Lipinski definition) is 5. The average Bonchev–Trinajstić information content (AvgIpc) is 2.33. The third-order valence-electron chi connectivity index (χ3n) is 2.59. The van der Waals surface area contributed by atoms with Gasteiger partial charge in [-0.05, 0) is 54.9 Å². The van der Waals surface area contributed by atoms with Gasteiger partial charge in [0.2, 0.25) is 0 Å². The average molecular weight is 333 g/mol. The number of esters is 1. The van der Waals surface area contributed by atoms with Gasteiger partial charge in [0.05, 0.1) is 6.10 Å². The molecular weight excluding hydrogens is 300 g/mol. The van der Waals surface area contributed by atoms with E-state index in [0.29, 0.717) is 12.5 Å². The molecule has 0 radical (unpaired) electrons. The highest BCUT2D eigenvalue weighted by atomic mass is 28.4. The topological polar surface area (TPSA) is 54.0 Å². The molecule has 0 aromatic rings. The van der Waals surface area contributed by atoms with Crippen molar-refractivity contribution in [1.82, 2.24) is 0 Å². The molecule has 5 nitrogen and oxygen atoms in total. The normalized spacial score (nSPS) is 13.7. The van der Waals surface area contributed by atoms with Gasteiger partial charge >= 0.3 is 14.8 Å². The highest BCUT2D eigenvalue weighted by Crippen LogP contribution is 2.25. The molecule has 22 heavy (non-hydrogen) atoms. The molecule has 0 amide bonds. The second-order valence-corrected chi connectivity index (χ2v) is 8.75. The van der Waals surface area contributed by atoms with E-state index in [1.807, 2.05) is 48.5 Å². The summed E-state index contributed by atoms with van der Waals surface area (Å²) in [5.74, 6) is -0.417. The zero-order valence-corrected chi connectivity index (χ0v) is 16.0. The van der Waals surface area contributed by atoms with Gasteiger partial charge in [-0.2, -0.15) is 0 Å². The molecule has 0 N–H and O–H groups in total. The van der Waals surface area contributed by atoms with Crippen molar-refractivity contribution in [3.8, 4) is 0 Å². The first-order chi connectivity index (χ1) is 10.1. The van der Waals surface area contributed by atoms with Crippen LogP contribution in [-0.2, 0) is 22.8 Å². The molecule has 0 aromatic carbocycles. The predicted octanol–water partition coefficient (Wildman–Crippen LogP) is 3.71. The first-order valence-corrected chi connectivity index (χ1v) is 9.90. The molecule has 1 atom stereocenters. The summed E-state index contributed by atoms with van der Waals surface area (Å²) in [6.45, 7) is 17.1. The number of ether oxygens (including phenoxy) is 1. The Morgan fingerprint density at radius 3 is 1.68 bits per heavy atom. The largest absolute Gasteiger partial charge is 0.501 e. The molecule has 0 saturated carbocycles. The molecule has 0 bridgehead atoms. The minimum atomic E-state index is -2.83. The Hall–Kier alpha value is -0.693. The van der Waals surface area contributed by atoms with Crippen molar-refractivity contribution >= 4 is 14.8 Å². The monoisotopic (exact) mass is 332 g/mol. The van der Waals surface area contributed by atoms with Crippen molar-refractivity contribution in [2.75, 3.05) is 0 Å². The van der Waals surface area contributed by atoms with Gasteiger partial charge in [0.25, 0.3) is 0 Å². The molecule has 1 unspecified atom stereocenters. The van der Waals surface area contributed by atoms with Crippen LogP contribution in [0, 0.1) is 0 Å². The summed E-state index contributed by atoms with van der Waals surface area (Å²) in [5.41, 5.74) is 0. The van der Waals surface area contributed by atoms with Crippen LogP contribution >= 0.6 is 0 Å². The van der Waals surface area contributed by atoms with Crippen molar-refractivity contribution in [2.45, 2.75) is 85.3 Å². The highest BCUT2D eigenvalue weighted by Gasteiger charge is 2.44. The molecular formula is C16H32O5Si. The maximum Gasteiger partial charge on any atom is 0.501 e. The van der Waals surface area contributed by atoms with Crippen molar-refractivity contribution in [3.05, 3.63) is 12.7 Å². The third kappa shape index (κ3) is 9.35. The Balaban J connectivity index is 4.93. The summed E-state index contributed by atoms with van der Waals surface area (Å²) in [5, 5.41) is 0. The molecule has 0 fully saturated rings. The van der Waals surface area contributed by atoms with E-state index < -0.39 is 14.8 Å². The fourth-order valence-corrected chi connectivity index (χ4v) is 5.46. The molecule has 130 valence electrons. The van der Waals surface area contributed by atoms with Crippen LogP contribution in [0.1, 0.15) is 54.9 Å². The van der Waals surface area contributed by atoms with Gasteiger partial charge in [-0.25, -0.2) is 4.79 Å². The molecule has 0 aliphatic rings. The van der Waals surface area contributed by atoms with Gasteiger partial charge in [-0.15, -0.1) is 0 Å². The van der Waals surface area contributed by atoms with Crippen LogP contribution in [0.25, 0.3) is 0 Å². The summed E-state index contributed by atoms with van der Waals surface area (Å²) in [4.78, 5) is 11.3. The number of carbonyl (C=O) groups is 1. The van der Waals surface area contributed by atoms with E-state index in [2.05, 4.69) is 6.58 Å². The zero-order chi connectivity index (χ0) is 17.3. The molecule has 0 aromatic heterocycles. The Kier molecular flexibility index (Phi) is 9.83. The van der Waals surface area contributed by atoms with Gasteiger partial charge in [-0.1, -0.05) is 6.58 Å². The molecule has 6 heteroatoms. The molecule has 0 spiro atoms. The number of carbonyl (C=O) groups excluding carboxylic acids is 1. The van der Waals surface area contributed by atoms with Gasteiger partial charge in [0, 0.05) is 30.4 Å². The number of hydrogen-bond donors (Lipinski definition) is 0. The van der Waals surface area contributed by atoms with Crippen LogP contribution in [-0.4, -0.2) is 39.2 Å². The lowest BCUT2D eigenvalue weighted by Gasteiger charge is -2.35. The Bertz CT molecular complexity index is 315. The lowest BCUT2D eigenvalue weighted by atomic mass is 10.3. The molecule has 0 rings (SSSR count). The maximum absolute atomic E-state index is 11.3. The maximum atomic E-state index is 11.3. The quantitative estimate of drug-likeness (QED) is 0.328. The van der Waals surface area contributed by atoms with Crippen molar-refractivity contribution in [1.29, 1.82) is 0 Å². The minimum Gasteiger partial charge on any atom is -0.460 e. The Morgan fingerprint density at radius 1 is 0.955 bits per heavy atom. The van der Waals surface area contributed by atoms with Gasteiger partial charge in [0.1, 0.15) is 0 Å². The van der Waals surface area contributed by atoms with Crippen LogP contribution in [0.15, 0.2) is 12.7 Å². The van der Waals surface area contributed by atoms with E-state index in [1.165, 1.54) is 6.08 Å². The Morgan fingerprint density at radius 2 is 1.36 bits per heavy atom. The standard InChI is InChI=1S/C16H32O5Si/c1-9-16(17)18-15(8)10-11-22(19-12(2)3,20-13(4)5)21-14(6)7/h9,12-15H,1,10-11H2,2-8H3.